The van der Waals surface area contributed by atoms with E-state index in [9.17, 15) is 9.59 Å². The van der Waals surface area contributed by atoms with Crippen molar-refractivity contribution in [3.63, 3.8) is 0 Å². The molecule has 0 spiro atoms. The Labute approximate surface area is 154 Å². The van der Waals surface area contributed by atoms with Crippen LogP contribution in [0, 0.1) is 6.92 Å². The molecule has 0 radical (unpaired) electrons. The average Bonchev–Trinajstić information content (AvgIpc) is 2.60. The van der Waals surface area contributed by atoms with E-state index in [2.05, 4.69) is 22.9 Å². The Morgan fingerprint density at radius 3 is 2.88 bits per heavy atom. The topological polar surface area (TPSA) is 70.2 Å². The average molecular weight is 364 g/mol. The third-order valence-corrected chi connectivity index (χ3v) is 5.25. The van der Waals surface area contributed by atoms with Crippen LogP contribution in [0.1, 0.15) is 42.1 Å². The van der Waals surface area contributed by atoms with E-state index in [1.807, 2.05) is 31.4 Å². The quantitative estimate of drug-likeness (QED) is 0.694. The van der Waals surface area contributed by atoms with Crippen LogP contribution in [0.3, 0.4) is 0 Å². The predicted octanol–water partition coefficient (Wildman–Crippen LogP) is 2.10. The fraction of sp³-hybridized carbons (Fsp3) is 0.579. The van der Waals surface area contributed by atoms with Gasteiger partial charge in [0.15, 0.2) is 0 Å². The zero-order chi connectivity index (χ0) is 18.2. The van der Waals surface area contributed by atoms with Crippen LogP contribution in [0.25, 0.3) is 0 Å². The molecule has 1 aliphatic heterocycles. The molecule has 3 atom stereocenters. The second kappa shape index (κ2) is 9.82. The van der Waals surface area contributed by atoms with E-state index in [1.165, 1.54) is 0 Å². The summed E-state index contributed by atoms with van der Waals surface area (Å²) >= 11 is 1.68. The van der Waals surface area contributed by atoms with Crippen LogP contribution < -0.4 is 16.0 Å². The summed E-state index contributed by atoms with van der Waals surface area (Å²) in [6, 6.07) is 7.29. The molecule has 1 aromatic carbocycles. The van der Waals surface area contributed by atoms with Crippen molar-refractivity contribution in [2.45, 2.75) is 51.2 Å². The van der Waals surface area contributed by atoms with E-state index >= 15 is 0 Å². The minimum absolute atomic E-state index is 0.0874. The number of rotatable bonds is 7. The Morgan fingerprint density at radius 1 is 1.40 bits per heavy atom. The number of amides is 2. The van der Waals surface area contributed by atoms with Crippen LogP contribution in [0.4, 0.5) is 0 Å². The largest absolute Gasteiger partial charge is 0.350 e. The van der Waals surface area contributed by atoms with Gasteiger partial charge in [-0.2, -0.15) is 11.8 Å². The molecule has 1 aromatic rings. The molecule has 3 N–H and O–H groups in total. The van der Waals surface area contributed by atoms with Gasteiger partial charge in [-0.05, 0) is 63.8 Å². The number of piperidine rings is 1. The molecule has 25 heavy (non-hydrogen) atoms. The monoisotopic (exact) mass is 363 g/mol. The third-order valence-electron chi connectivity index (χ3n) is 4.60. The zero-order valence-electron chi connectivity index (χ0n) is 15.3. The van der Waals surface area contributed by atoms with Crippen molar-refractivity contribution in [3.8, 4) is 0 Å². The smallest absolute Gasteiger partial charge is 0.251 e. The molecule has 1 aliphatic rings. The first-order valence-corrected chi connectivity index (χ1v) is 10.3. The fourth-order valence-corrected chi connectivity index (χ4v) is 3.53. The summed E-state index contributed by atoms with van der Waals surface area (Å²) in [5, 5.41) is 9.42. The fourth-order valence-electron chi connectivity index (χ4n) is 3.06. The minimum Gasteiger partial charge on any atom is -0.350 e. The molecular weight excluding hydrogens is 334 g/mol. The molecule has 0 aliphatic carbocycles. The molecule has 1 heterocycles. The maximum Gasteiger partial charge on any atom is 0.251 e. The normalized spacial score (nSPS) is 21.4. The van der Waals surface area contributed by atoms with Crippen LogP contribution in [0.2, 0.25) is 0 Å². The first kappa shape index (κ1) is 19.8. The van der Waals surface area contributed by atoms with Gasteiger partial charge in [0.1, 0.15) is 6.04 Å². The highest BCUT2D eigenvalue weighted by Crippen LogP contribution is 2.10. The zero-order valence-corrected chi connectivity index (χ0v) is 16.1. The van der Waals surface area contributed by atoms with Gasteiger partial charge in [-0.3, -0.25) is 9.59 Å². The predicted molar refractivity (Wildman–Crippen MR) is 104 cm³/mol. The Hall–Kier alpha value is -1.53. The summed E-state index contributed by atoms with van der Waals surface area (Å²) in [6.45, 7) is 5.03. The molecule has 138 valence electrons. The van der Waals surface area contributed by atoms with Gasteiger partial charge >= 0.3 is 0 Å². The van der Waals surface area contributed by atoms with Crippen LogP contribution in [0.15, 0.2) is 24.3 Å². The first-order valence-electron chi connectivity index (χ1n) is 8.91. The second-order valence-electron chi connectivity index (χ2n) is 6.68. The van der Waals surface area contributed by atoms with E-state index in [-0.39, 0.29) is 23.9 Å². The maximum atomic E-state index is 12.7. The lowest BCUT2D eigenvalue weighted by Gasteiger charge is -2.32. The molecule has 5 nitrogen and oxygen atoms in total. The Balaban J connectivity index is 2.01. The number of carbonyl (C=O) groups excluding carboxylic acids is 2. The van der Waals surface area contributed by atoms with Gasteiger partial charge in [0.05, 0.1) is 0 Å². The lowest BCUT2D eigenvalue weighted by molar-refractivity contribution is -0.124. The van der Waals surface area contributed by atoms with E-state index in [0.29, 0.717) is 12.0 Å². The molecule has 0 saturated carbocycles. The number of nitrogens with one attached hydrogen (secondary N) is 3. The lowest BCUT2D eigenvalue weighted by Crippen LogP contribution is -2.56. The van der Waals surface area contributed by atoms with Crippen LogP contribution >= 0.6 is 11.8 Å². The summed E-state index contributed by atoms with van der Waals surface area (Å²) in [5.74, 6) is 0.542. The Kier molecular flexibility index (Phi) is 7.78. The SMILES string of the molecule is CSCCC(NC(=O)c1cccc(C)c1)C(=O)NC1CCCNC1C. The van der Waals surface area contributed by atoms with Crippen molar-refractivity contribution >= 4 is 23.6 Å². The summed E-state index contributed by atoms with van der Waals surface area (Å²) < 4.78 is 0. The highest BCUT2D eigenvalue weighted by Gasteiger charge is 2.27. The Bertz CT molecular complexity index is 594. The van der Waals surface area contributed by atoms with Crippen LogP contribution in [-0.4, -0.2) is 48.5 Å². The lowest BCUT2D eigenvalue weighted by atomic mass is 9.99. The summed E-state index contributed by atoms with van der Waals surface area (Å²) in [6.07, 6.45) is 4.66. The summed E-state index contributed by atoms with van der Waals surface area (Å²) in [5.41, 5.74) is 1.62. The van der Waals surface area contributed by atoms with E-state index < -0.39 is 6.04 Å². The van der Waals surface area contributed by atoms with E-state index in [4.69, 9.17) is 0 Å². The summed E-state index contributed by atoms with van der Waals surface area (Å²) in [4.78, 5) is 25.3. The molecule has 6 heteroatoms. The van der Waals surface area contributed by atoms with Crippen molar-refractivity contribution in [2.24, 2.45) is 0 Å². The molecule has 2 amide bonds. The molecule has 0 aromatic heterocycles. The van der Waals surface area contributed by atoms with Crippen LogP contribution in [0.5, 0.6) is 0 Å². The number of hydrogen-bond donors (Lipinski definition) is 3. The number of benzene rings is 1. The minimum atomic E-state index is -0.505. The number of thioether (sulfide) groups is 1. The van der Waals surface area contributed by atoms with Gasteiger partial charge in [0.25, 0.3) is 5.91 Å². The standard InChI is InChI=1S/C19H29N3O2S/c1-13-6-4-7-15(12-13)18(23)22-17(9-11-25-3)19(24)21-16-8-5-10-20-14(16)2/h4,6-7,12,14,16-17,20H,5,8-11H2,1-3H3,(H,21,24)(H,22,23). The second-order valence-corrected chi connectivity index (χ2v) is 7.66. The summed E-state index contributed by atoms with van der Waals surface area (Å²) in [7, 11) is 0. The molecule has 0 bridgehead atoms. The van der Waals surface area contributed by atoms with Crippen molar-refractivity contribution in [1.82, 2.24) is 16.0 Å². The third kappa shape index (κ3) is 6.04. The van der Waals surface area contributed by atoms with Gasteiger partial charge in [0.2, 0.25) is 5.91 Å². The number of carbonyl (C=O) groups is 2. The molecule has 1 fully saturated rings. The number of aryl methyl sites for hydroxylation is 1. The highest BCUT2D eigenvalue weighted by atomic mass is 32.2. The van der Waals surface area contributed by atoms with E-state index in [0.717, 1.165) is 30.7 Å². The van der Waals surface area contributed by atoms with Crippen molar-refractivity contribution in [3.05, 3.63) is 35.4 Å². The van der Waals surface area contributed by atoms with Crippen molar-refractivity contribution in [2.75, 3.05) is 18.6 Å². The van der Waals surface area contributed by atoms with Gasteiger partial charge in [-0.25, -0.2) is 0 Å². The molecular formula is C19H29N3O2S. The van der Waals surface area contributed by atoms with Crippen molar-refractivity contribution in [1.29, 1.82) is 0 Å². The molecule has 3 unspecified atom stereocenters. The van der Waals surface area contributed by atoms with Gasteiger partial charge in [-0.1, -0.05) is 17.7 Å². The number of hydrogen-bond acceptors (Lipinski definition) is 4. The maximum absolute atomic E-state index is 12.7. The van der Waals surface area contributed by atoms with Gasteiger partial charge in [-0.15, -0.1) is 0 Å². The highest BCUT2D eigenvalue weighted by molar-refractivity contribution is 7.98. The first-order chi connectivity index (χ1) is 12.0. The molecule has 1 saturated heterocycles. The Morgan fingerprint density at radius 2 is 2.20 bits per heavy atom. The van der Waals surface area contributed by atoms with Crippen LogP contribution in [-0.2, 0) is 4.79 Å². The van der Waals surface area contributed by atoms with E-state index in [1.54, 1.807) is 17.8 Å². The van der Waals surface area contributed by atoms with Gasteiger partial charge < -0.3 is 16.0 Å². The van der Waals surface area contributed by atoms with Gasteiger partial charge in [0, 0.05) is 17.6 Å². The molecule has 2 rings (SSSR count). The van der Waals surface area contributed by atoms with Crippen molar-refractivity contribution < 1.29 is 9.59 Å².